The molecule has 2 atom stereocenters. The molecule has 2 rings (SSSR count). The molecule has 104 valence electrons. The summed E-state index contributed by atoms with van der Waals surface area (Å²) in [6.07, 6.45) is 5.32. The Labute approximate surface area is 115 Å². The number of hydrogen-bond acceptors (Lipinski definition) is 2. The van der Waals surface area contributed by atoms with E-state index in [-0.39, 0.29) is 5.92 Å². The first-order valence-electron chi connectivity index (χ1n) is 7.20. The van der Waals surface area contributed by atoms with Gasteiger partial charge in [-0.05, 0) is 30.7 Å². The summed E-state index contributed by atoms with van der Waals surface area (Å²) in [6.45, 7) is 2.10. The predicted molar refractivity (Wildman–Crippen MR) is 76.3 cm³/mol. The second kappa shape index (κ2) is 6.71. The molecule has 1 aromatic rings. The summed E-state index contributed by atoms with van der Waals surface area (Å²) in [5, 5.41) is 12.7. The van der Waals surface area contributed by atoms with E-state index in [9.17, 15) is 9.90 Å². The zero-order chi connectivity index (χ0) is 13.7. The Balaban J connectivity index is 1.94. The molecule has 0 heterocycles. The molecule has 1 fully saturated rings. The van der Waals surface area contributed by atoms with Crippen molar-refractivity contribution in [1.29, 1.82) is 0 Å². The molecule has 3 heteroatoms. The lowest BCUT2D eigenvalue weighted by Crippen LogP contribution is -2.42. The van der Waals surface area contributed by atoms with Crippen molar-refractivity contribution in [2.75, 3.05) is 0 Å². The highest BCUT2D eigenvalue weighted by molar-refractivity contribution is 5.73. The first-order valence-corrected chi connectivity index (χ1v) is 7.20. The number of benzene rings is 1. The van der Waals surface area contributed by atoms with Crippen LogP contribution in [-0.2, 0) is 4.79 Å². The van der Waals surface area contributed by atoms with Gasteiger partial charge in [-0.3, -0.25) is 4.79 Å². The molecule has 1 aliphatic rings. The number of rotatable bonds is 6. The van der Waals surface area contributed by atoms with Gasteiger partial charge in [0, 0.05) is 6.04 Å². The maximum absolute atomic E-state index is 11.4. The van der Waals surface area contributed by atoms with Gasteiger partial charge in [0.2, 0.25) is 0 Å². The van der Waals surface area contributed by atoms with Crippen LogP contribution in [0, 0.1) is 0 Å². The third kappa shape index (κ3) is 4.06. The van der Waals surface area contributed by atoms with Gasteiger partial charge < -0.3 is 10.4 Å². The molecule has 0 saturated heterocycles. The Bertz CT molecular complexity index is 398. The Morgan fingerprint density at radius 2 is 1.95 bits per heavy atom. The second-order valence-corrected chi connectivity index (χ2v) is 5.59. The molecule has 0 aromatic heterocycles. The number of nitrogens with one attached hydrogen (secondary N) is 1. The van der Waals surface area contributed by atoms with Crippen molar-refractivity contribution in [3.63, 3.8) is 0 Å². The Morgan fingerprint density at radius 3 is 2.53 bits per heavy atom. The quantitative estimate of drug-likeness (QED) is 0.827. The van der Waals surface area contributed by atoms with Crippen LogP contribution in [0.2, 0.25) is 0 Å². The Morgan fingerprint density at radius 1 is 1.32 bits per heavy atom. The van der Waals surface area contributed by atoms with Crippen molar-refractivity contribution in [1.82, 2.24) is 5.32 Å². The van der Waals surface area contributed by atoms with E-state index in [1.165, 1.54) is 18.4 Å². The van der Waals surface area contributed by atoms with Gasteiger partial charge in [-0.2, -0.15) is 0 Å². The van der Waals surface area contributed by atoms with E-state index in [0.29, 0.717) is 12.5 Å². The minimum atomic E-state index is -0.727. The summed E-state index contributed by atoms with van der Waals surface area (Å²) in [4.78, 5) is 11.4. The summed E-state index contributed by atoms with van der Waals surface area (Å²) in [6, 6.07) is 10.1. The Hall–Kier alpha value is -1.35. The molecule has 0 radical (unpaired) electrons. The molecule has 0 bridgehead atoms. The van der Waals surface area contributed by atoms with E-state index in [0.717, 1.165) is 12.8 Å². The zero-order valence-corrected chi connectivity index (χ0v) is 11.5. The molecule has 0 spiro atoms. The van der Waals surface area contributed by atoms with Gasteiger partial charge in [-0.1, -0.05) is 50.1 Å². The molecular weight excluding hydrogens is 238 g/mol. The maximum Gasteiger partial charge on any atom is 0.320 e. The third-order valence-corrected chi connectivity index (χ3v) is 4.05. The van der Waals surface area contributed by atoms with Crippen molar-refractivity contribution in [2.45, 2.75) is 57.0 Å². The van der Waals surface area contributed by atoms with Crippen molar-refractivity contribution in [3.8, 4) is 0 Å². The lowest BCUT2D eigenvalue weighted by atomic mass is 9.93. The summed E-state index contributed by atoms with van der Waals surface area (Å²) in [5.41, 5.74) is 1.21. The number of carbonyl (C=O) groups is 1. The smallest absolute Gasteiger partial charge is 0.320 e. The minimum Gasteiger partial charge on any atom is -0.480 e. The standard InChI is InChI=1S/C16H23NO2/c1-12(13-7-3-2-4-8-13)11-15(16(18)19)17-14-9-5-6-10-14/h2-4,7-8,12,14-15,17H,5-6,9-11H2,1H3,(H,18,19). The topological polar surface area (TPSA) is 49.3 Å². The van der Waals surface area contributed by atoms with E-state index < -0.39 is 12.0 Å². The van der Waals surface area contributed by atoms with Gasteiger partial charge in [0.25, 0.3) is 0 Å². The fraction of sp³-hybridized carbons (Fsp3) is 0.562. The van der Waals surface area contributed by atoms with Crippen LogP contribution >= 0.6 is 0 Å². The summed E-state index contributed by atoms with van der Waals surface area (Å²) in [5.74, 6) is -0.467. The molecule has 1 aromatic carbocycles. The molecule has 2 unspecified atom stereocenters. The molecule has 19 heavy (non-hydrogen) atoms. The summed E-state index contributed by atoms with van der Waals surface area (Å²) >= 11 is 0. The SMILES string of the molecule is CC(CC(NC1CCCC1)C(=O)O)c1ccccc1. The molecule has 2 N–H and O–H groups in total. The first-order chi connectivity index (χ1) is 9.16. The normalized spacial score (nSPS) is 19.2. The van der Waals surface area contributed by atoms with Gasteiger partial charge >= 0.3 is 5.97 Å². The van der Waals surface area contributed by atoms with Gasteiger partial charge in [-0.15, -0.1) is 0 Å². The lowest BCUT2D eigenvalue weighted by molar-refractivity contribution is -0.140. The van der Waals surface area contributed by atoms with E-state index in [1.54, 1.807) is 0 Å². The van der Waals surface area contributed by atoms with Crippen LogP contribution < -0.4 is 5.32 Å². The van der Waals surface area contributed by atoms with E-state index >= 15 is 0 Å². The van der Waals surface area contributed by atoms with Crippen LogP contribution in [-0.4, -0.2) is 23.2 Å². The molecule has 1 saturated carbocycles. The average molecular weight is 261 g/mol. The van der Waals surface area contributed by atoms with Crippen LogP contribution in [0.15, 0.2) is 30.3 Å². The summed E-state index contributed by atoms with van der Waals surface area (Å²) < 4.78 is 0. The largest absolute Gasteiger partial charge is 0.480 e. The van der Waals surface area contributed by atoms with Gasteiger partial charge in [0.05, 0.1) is 0 Å². The zero-order valence-electron chi connectivity index (χ0n) is 11.5. The molecule has 0 amide bonds. The van der Waals surface area contributed by atoms with Crippen molar-refractivity contribution < 1.29 is 9.90 Å². The molecule has 1 aliphatic carbocycles. The Kier molecular flexibility index (Phi) is 4.97. The number of carboxylic acids is 1. The highest BCUT2D eigenvalue weighted by Gasteiger charge is 2.25. The number of carboxylic acid groups (broad SMARTS) is 1. The first kappa shape index (κ1) is 14.1. The highest BCUT2D eigenvalue weighted by atomic mass is 16.4. The second-order valence-electron chi connectivity index (χ2n) is 5.59. The fourth-order valence-corrected chi connectivity index (χ4v) is 2.89. The molecule has 0 aliphatic heterocycles. The van der Waals surface area contributed by atoms with Crippen LogP contribution in [0.25, 0.3) is 0 Å². The van der Waals surface area contributed by atoms with Crippen LogP contribution in [0.5, 0.6) is 0 Å². The summed E-state index contributed by atoms with van der Waals surface area (Å²) in [7, 11) is 0. The lowest BCUT2D eigenvalue weighted by Gasteiger charge is -2.22. The van der Waals surface area contributed by atoms with E-state index in [1.807, 2.05) is 18.2 Å². The highest BCUT2D eigenvalue weighted by Crippen LogP contribution is 2.23. The monoisotopic (exact) mass is 261 g/mol. The average Bonchev–Trinajstić information content (AvgIpc) is 2.91. The van der Waals surface area contributed by atoms with Gasteiger partial charge in [0.15, 0.2) is 0 Å². The predicted octanol–water partition coefficient (Wildman–Crippen LogP) is 3.17. The van der Waals surface area contributed by atoms with E-state index in [2.05, 4.69) is 24.4 Å². The van der Waals surface area contributed by atoms with Crippen molar-refractivity contribution in [2.24, 2.45) is 0 Å². The van der Waals surface area contributed by atoms with Crippen LogP contribution in [0.1, 0.15) is 50.5 Å². The number of hydrogen-bond donors (Lipinski definition) is 2. The van der Waals surface area contributed by atoms with Crippen LogP contribution in [0.3, 0.4) is 0 Å². The fourth-order valence-electron chi connectivity index (χ4n) is 2.89. The molecule has 3 nitrogen and oxygen atoms in total. The number of aliphatic carboxylic acids is 1. The van der Waals surface area contributed by atoms with E-state index in [4.69, 9.17) is 0 Å². The third-order valence-electron chi connectivity index (χ3n) is 4.05. The van der Waals surface area contributed by atoms with Crippen molar-refractivity contribution >= 4 is 5.97 Å². The van der Waals surface area contributed by atoms with Crippen LogP contribution in [0.4, 0.5) is 0 Å². The molecular formula is C16H23NO2. The van der Waals surface area contributed by atoms with Gasteiger partial charge in [-0.25, -0.2) is 0 Å². The van der Waals surface area contributed by atoms with Crippen molar-refractivity contribution in [3.05, 3.63) is 35.9 Å². The maximum atomic E-state index is 11.4. The van der Waals surface area contributed by atoms with Gasteiger partial charge in [0.1, 0.15) is 6.04 Å². The minimum absolute atomic E-state index is 0.260.